The van der Waals surface area contributed by atoms with Crippen LogP contribution in [0.5, 0.6) is 5.75 Å². The second-order valence-corrected chi connectivity index (χ2v) is 6.18. The van der Waals surface area contributed by atoms with Crippen molar-refractivity contribution in [3.05, 3.63) is 36.2 Å². The Bertz CT molecular complexity index is 816. The number of nitrogens with zero attached hydrogens (tertiary/aromatic N) is 2. The van der Waals surface area contributed by atoms with Crippen molar-refractivity contribution in [2.45, 2.75) is 18.9 Å². The molecule has 2 aliphatic rings. The highest BCUT2D eigenvalue weighted by Gasteiger charge is 2.19. The third kappa shape index (κ3) is 3.81. The molecule has 2 amide bonds. The Morgan fingerprint density at radius 3 is 3.04 bits per heavy atom. The quantitative estimate of drug-likeness (QED) is 0.758. The van der Waals surface area contributed by atoms with E-state index in [0.29, 0.717) is 22.8 Å². The van der Waals surface area contributed by atoms with Gasteiger partial charge >= 0.3 is 0 Å². The maximum absolute atomic E-state index is 12.4. The number of amides is 2. The average molecular weight is 378 g/mol. The second-order valence-electron chi connectivity index (χ2n) is 6.18. The number of carbonyl (C=O) groups excluding carboxylic acids is 2. The van der Waals surface area contributed by atoms with Gasteiger partial charge in [-0.2, -0.15) is 5.10 Å². The van der Waals surface area contributed by atoms with E-state index in [4.69, 9.17) is 4.74 Å². The summed E-state index contributed by atoms with van der Waals surface area (Å²) in [5, 5.41) is 13.3. The van der Waals surface area contributed by atoms with Gasteiger partial charge in [0.2, 0.25) is 0 Å². The lowest BCUT2D eigenvalue weighted by atomic mass is 10.1. The number of anilines is 2. The highest BCUT2D eigenvalue weighted by Crippen LogP contribution is 2.30. The minimum atomic E-state index is -0.276. The Morgan fingerprint density at radius 2 is 2.23 bits per heavy atom. The van der Waals surface area contributed by atoms with Crippen LogP contribution in [-0.4, -0.2) is 41.3 Å². The molecule has 26 heavy (non-hydrogen) atoms. The van der Waals surface area contributed by atoms with Crippen molar-refractivity contribution in [3.8, 4) is 5.75 Å². The van der Waals surface area contributed by atoms with Crippen LogP contribution < -0.4 is 20.7 Å². The third-order valence-corrected chi connectivity index (χ3v) is 4.36. The van der Waals surface area contributed by atoms with Crippen LogP contribution in [0.2, 0.25) is 0 Å². The Kier molecular flexibility index (Phi) is 5.43. The van der Waals surface area contributed by atoms with Gasteiger partial charge in [-0.3, -0.25) is 14.3 Å². The maximum Gasteiger partial charge on any atom is 0.276 e. The molecule has 1 saturated heterocycles. The summed E-state index contributed by atoms with van der Waals surface area (Å²) < 4.78 is 7.21. The monoisotopic (exact) mass is 377 g/mol. The standard InChI is InChI=1S/C17H19N5O3.ClH/c23-16-10-25-15-8-11(3-4-13(15)20-16)19-17(24)14-5-7-22(21-14)12-2-1-6-18-9-12;/h3-5,7-8,12,18H,1-2,6,9-10H2,(H,19,24)(H,20,23);1H. The summed E-state index contributed by atoms with van der Waals surface area (Å²) in [6.07, 6.45) is 4.01. The van der Waals surface area contributed by atoms with Crippen molar-refractivity contribution in [2.75, 3.05) is 30.3 Å². The molecule has 3 N–H and O–H groups in total. The molecule has 1 unspecified atom stereocenters. The number of fused-ring (bicyclic) bond motifs is 1. The Balaban J connectivity index is 0.00000196. The highest BCUT2D eigenvalue weighted by atomic mass is 35.5. The fraction of sp³-hybridized carbons (Fsp3) is 0.353. The maximum atomic E-state index is 12.4. The predicted octanol–water partition coefficient (Wildman–Crippen LogP) is 1.81. The molecular weight excluding hydrogens is 358 g/mol. The lowest BCUT2D eigenvalue weighted by Gasteiger charge is -2.22. The van der Waals surface area contributed by atoms with Crippen LogP contribution in [-0.2, 0) is 4.79 Å². The topological polar surface area (TPSA) is 97.3 Å². The molecule has 2 aliphatic heterocycles. The fourth-order valence-electron chi connectivity index (χ4n) is 3.07. The van der Waals surface area contributed by atoms with Crippen molar-refractivity contribution in [2.24, 2.45) is 0 Å². The van der Waals surface area contributed by atoms with Crippen molar-refractivity contribution in [1.82, 2.24) is 15.1 Å². The van der Waals surface area contributed by atoms with Crippen molar-refractivity contribution in [3.63, 3.8) is 0 Å². The van der Waals surface area contributed by atoms with Gasteiger partial charge in [-0.1, -0.05) is 0 Å². The first-order valence-electron chi connectivity index (χ1n) is 8.33. The number of aromatic nitrogens is 2. The number of halogens is 1. The van der Waals surface area contributed by atoms with Crippen LogP contribution in [0.1, 0.15) is 29.4 Å². The summed E-state index contributed by atoms with van der Waals surface area (Å²) in [6.45, 7) is 1.88. The molecule has 0 bridgehead atoms. The molecule has 1 aromatic carbocycles. The molecule has 1 fully saturated rings. The van der Waals surface area contributed by atoms with Crippen LogP contribution in [0.3, 0.4) is 0 Å². The zero-order chi connectivity index (χ0) is 17.2. The van der Waals surface area contributed by atoms with Gasteiger partial charge in [0.15, 0.2) is 12.3 Å². The highest BCUT2D eigenvalue weighted by molar-refractivity contribution is 6.03. The van der Waals surface area contributed by atoms with Crippen molar-refractivity contribution < 1.29 is 14.3 Å². The average Bonchev–Trinajstić information content (AvgIpc) is 3.13. The van der Waals surface area contributed by atoms with Crippen LogP contribution in [0.15, 0.2) is 30.5 Å². The number of piperidine rings is 1. The van der Waals surface area contributed by atoms with Gasteiger partial charge in [-0.25, -0.2) is 0 Å². The Labute approximate surface area is 156 Å². The van der Waals surface area contributed by atoms with E-state index >= 15 is 0 Å². The lowest BCUT2D eigenvalue weighted by Crippen LogP contribution is -2.32. The first-order chi connectivity index (χ1) is 12.2. The fourth-order valence-corrected chi connectivity index (χ4v) is 3.07. The zero-order valence-electron chi connectivity index (χ0n) is 14.0. The normalized spacial score (nSPS) is 18.8. The molecule has 1 aromatic heterocycles. The van der Waals surface area contributed by atoms with Gasteiger partial charge < -0.3 is 20.7 Å². The SMILES string of the molecule is Cl.O=C1COc2cc(NC(=O)c3ccn(C4CCCNC4)n3)ccc2N1. The molecule has 0 saturated carbocycles. The summed E-state index contributed by atoms with van der Waals surface area (Å²) in [4.78, 5) is 23.7. The second kappa shape index (κ2) is 7.76. The summed E-state index contributed by atoms with van der Waals surface area (Å²) in [5.41, 5.74) is 1.56. The van der Waals surface area contributed by atoms with Gasteiger partial charge in [-0.05, 0) is 37.6 Å². The van der Waals surface area contributed by atoms with Crippen LogP contribution in [0, 0.1) is 0 Å². The minimum absolute atomic E-state index is 0. The van der Waals surface area contributed by atoms with E-state index in [2.05, 4.69) is 21.0 Å². The number of rotatable bonds is 3. The van der Waals surface area contributed by atoms with E-state index in [1.807, 2.05) is 10.9 Å². The summed E-state index contributed by atoms with van der Waals surface area (Å²) in [6, 6.07) is 7.12. The molecule has 1 atom stereocenters. The molecule has 3 heterocycles. The smallest absolute Gasteiger partial charge is 0.276 e. The van der Waals surface area contributed by atoms with E-state index in [9.17, 15) is 9.59 Å². The van der Waals surface area contributed by atoms with E-state index in [1.54, 1.807) is 24.3 Å². The summed E-state index contributed by atoms with van der Waals surface area (Å²) >= 11 is 0. The van der Waals surface area contributed by atoms with Crippen molar-refractivity contribution >= 4 is 35.6 Å². The van der Waals surface area contributed by atoms with Crippen LogP contribution >= 0.6 is 12.4 Å². The lowest BCUT2D eigenvalue weighted by molar-refractivity contribution is -0.118. The van der Waals surface area contributed by atoms with Gasteiger partial charge in [0.25, 0.3) is 11.8 Å². The number of ether oxygens (including phenoxy) is 1. The first-order valence-corrected chi connectivity index (χ1v) is 8.33. The van der Waals surface area contributed by atoms with Crippen LogP contribution in [0.4, 0.5) is 11.4 Å². The Hall–Kier alpha value is -2.58. The molecule has 138 valence electrons. The first kappa shape index (κ1) is 18.2. The molecule has 2 aromatic rings. The Morgan fingerprint density at radius 1 is 1.35 bits per heavy atom. The third-order valence-electron chi connectivity index (χ3n) is 4.36. The van der Waals surface area contributed by atoms with E-state index < -0.39 is 0 Å². The summed E-state index contributed by atoms with van der Waals surface area (Å²) in [5.74, 6) is 0.0746. The predicted molar refractivity (Wildman–Crippen MR) is 99.1 cm³/mol. The molecule has 8 nitrogen and oxygen atoms in total. The number of benzene rings is 1. The molecule has 9 heteroatoms. The molecule has 4 rings (SSSR count). The largest absolute Gasteiger partial charge is 0.482 e. The van der Waals surface area contributed by atoms with Gasteiger partial charge in [-0.15, -0.1) is 12.4 Å². The van der Waals surface area contributed by atoms with E-state index in [0.717, 1.165) is 25.9 Å². The van der Waals surface area contributed by atoms with E-state index in [1.165, 1.54) is 0 Å². The van der Waals surface area contributed by atoms with Gasteiger partial charge in [0.1, 0.15) is 5.75 Å². The molecule has 0 spiro atoms. The van der Waals surface area contributed by atoms with Gasteiger partial charge in [0, 0.05) is 24.5 Å². The van der Waals surface area contributed by atoms with E-state index in [-0.39, 0.29) is 36.9 Å². The number of carbonyl (C=O) groups is 2. The van der Waals surface area contributed by atoms with Crippen molar-refractivity contribution in [1.29, 1.82) is 0 Å². The summed E-state index contributed by atoms with van der Waals surface area (Å²) in [7, 11) is 0. The van der Waals surface area contributed by atoms with Crippen LogP contribution in [0.25, 0.3) is 0 Å². The minimum Gasteiger partial charge on any atom is -0.482 e. The molecule has 0 radical (unpaired) electrons. The zero-order valence-corrected chi connectivity index (χ0v) is 14.8. The number of hydrogen-bond donors (Lipinski definition) is 3. The number of hydrogen-bond acceptors (Lipinski definition) is 5. The molecular formula is C17H20ClN5O3. The molecule has 0 aliphatic carbocycles. The van der Waals surface area contributed by atoms with Gasteiger partial charge in [0.05, 0.1) is 11.7 Å². The number of nitrogens with one attached hydrogen (secondary N) is 3.